The normalized spacial score (nSPS) is 17.2. The Kier molecular flexibility index (Phi) is 4.65. The number of hydrogen-bond acceptors (Lipinski definition) is 7. The third-order valence-corrected chi connectivity index (χ3v) is 4.65. The van der Waals surface area contributed by atoms with Crippen LogP contribution < -0.4 is 9.64 Å². The lowest BCUT2D eigenvalue weighted by Crippen LogP contribution is -2.21. The summed E-state index contributed by atoms with van der Waals surface area (Å²) in [6, 6.07) is 4.71. The van der Waals surface area contributed by atoms with E-state index in [1.807, 2.05) is 19.9 Å². The summed E-state index contributed by atoms with van der Waals surface area (Å²) in [5.74, 6) is 0.693. The summed E-state index contributed by atoms with van der Waals surface area (Å²) in [4.78, 5) is 10.8. The first-order chi connectivity index (χ1) is 13.0. The highest BCUT2D eigenvalue weighted by Gasteiger charge is 2.24. The van der Waals surface area contributed by atoms with E-state index in [0.29, 0.717) is 22.4 Å². The van der Waals surface area contributed by atoms with Gasteiger partial charge in [0.2, 0.25) is 0 Å². The van der Waals surface area contributed by atoms with Gasteiger partial charge in [0, 0.05) is 37.7 Å². The Morgan fingerprint density at radius 2 is 2.19 bits per heavy atom. The molecule has 1 fully saturated rings. The minimum Gasteiger partial charge on any atom is -0.488 e. The minimum atomic E-state index is -0.491. The fourth-order valence-electron chi connectivity index (χ4n) is 3.31. The van der Waals surface area contributed by atoms with Gasteiger partial charge in [0.25, 0.3) is 0 Å². The lowest BCUT2D eigenvalue weighted by Gasteiger charge is -2.17. The number of nitrogens with zero attached hydrogens (tertiary/aromatic N) is 4. The van der Waals surface area contributed by atoms with Crippen LogP contribution in [-0.2, 0) is 0 Å². The minimum absolute atomic E-state index is 0.152. The fraction of sp³-hybridized carbons (Fsp3) is 0.421. The molecule has 1 N–H and O–H groups in total. The van der Waals surface area contributed by atoms with Crippen molar-refractivity contribution in [3.63, 3.8) is 0 Å². The Labute approximate surface area is 155 Å². The molecule has 4 rings (SSSR count). The van der Waals surface area contributed by atoms with Gasteiger partial charge in [-0.2, -0.15) is 0 Å². The average Bonchev–Trinajstić information content (AvgIpc) is 3.28. The molecule has 142 valence electrons. The molecular weight excluding hydrogens is 351 g/mol. The van der Waals surface area contributed by atoms with E-state index in [0.717, 1.165) is 25.3 Å². The van der Waals surface area contributed by atoms with Crippen molar-refractivity contribution in [2.75, 3.05) is 24.6 Å². The molecule has 0 amide bonds. The monoisotopic (exact) mass is 372 g/mol. The van der Waals surface area contributed by atoms with Crippen LogP contribution in [0.25, 0.3) is 22.4 Å². The molecule has 1 aliphatic rings. The van der Waals surface area contributed by atoms with Crippen LogP contribution in [0.3, 0.4) is 0 Å². The molecule has 7 nitrogen and oxygen atoms in total. The van der Waals surface area contributed by atoms with E-state index in [2.05, 4.69) is 20.0 Å². The third-order valence-electron chi connectivity index (χ3n) is 4.65. The van der Waals surface area contributed by atoms with Crippen molar-refractivity contribution in [1.29, 1.82) is 0 Å². The van der Waals surface area contributed by atoms with Gasteiger partial charge in [-0.25, -0.2) is 14.4 Å². The SMILES string of the molecule is CC(C)Oc1cc2c(-c3cc(N4CC[C@H](CO)C4)ncn3)noc2cc1F. The van der Waals surface area contributed by atoms with Crippen molar-refractivity contribution in [1.82, 2.24) is 15.1 Å². The summed E-state index contributed by atoms with van der Waals surface area (Å²) in [5, 5.41) is 14.1. The summed E-state index contributed by atoms with van der Waals surface area (Å²) in [6.07, 6.45) is 2.25. The predicted molar refractivity (Wildman–Crippen MR) is 98.2 cm³/mol. The quantitative estimate of drug-likeness (QED) is 0.737. The molecule has 3 aromatic rings. The van der Waals surface area contributed by atoms with E-state index in [1.54, 1.807) is 6.07 Å². The van der Waals surface area contributed by atoms with E-state index in [-0.39, 0.29) is 24.4 Å². The number of benzene rings is 1. The zero-order valence-electron chi connectivity index (χ0n) is 15.2. The number of aliphatic hydroxyl groups excluding tert-OH is 1. The Morgan fingerprint density at radius 1 is 1.33 bits per heavy atom. The number of anilines is 1. The smallest absolute Gasteiger partial charge is 0.170 e. The summed E-state index contributed by atoms with van der Waals surface area (Å²) in [7, 11) is 0. The Bertz CT molecular complexity index is 959. The maximum absolute atomic E-state index is 14.2. The Morgan fingerprint density at radius 3 is 2.93 bits per heavy atom. The van der Waals surface area contributed by atoms with Crippen LogP contribution in [0.1, 0.15) is 20.3 Å². The molecule has 27 heavy (non-hydrogen) atoms. The second-order valence-corrected chi connectivity index (χ2v) is 7.02. The van der Waals surface area contributed by atoms with Crippen molar-refractivity contribution in [3.8, 4) is 17.1 Å². The molecule has 0 unspecified atom stereocenters. The van der Waals surface area contributed by atoms with E-state index >= 15 is 0 Å². The molecule has 1 saturated heterocycles. The summed E-state index contributed by atoms with van der Waals surface area (Å²) < 4.78 is 25.0. The number of halogens is 1. The van der Waals surface area contributed by atoms with E-state index in [9.17, 15) is 9.50 Å². The lowest BCUT2D eigenvalue weighted by atomic mass is 10.1. The molecule has 1 aliphatic heterocycles. The first-order valence-corrected chi connectivity index (χ1v) is 8.99. The molecule has 0 radical (unpaired) electrons. The van der Waals surface area contributed by atoms with Gasteiger partial charge in [0.05, 0.1) is 17.2 Å². The fourth-order valence-corrected chi connectivity index (χ4v) is 3.31. The van der Waals surface area contributed by atoms with Crippen LogP contribution >= 0.6 is 0 Å². The number of ether oxygens (including phenoxy) is 1. The van der Waals surface area contributed by atoms with Crippen molar-refractivity contribution < 1.29 is 18.8 Å². The number of fused-ring (bicyclic) bond motifs is 1. The maximum atomic E-state index is 14.2. The zero-order valence-corrected chi connectivity index (χ0v) is 15.2. The van der Waals surface area contributed by atoms with Crippen LogP contribution in [0.15, 0.2) is 29.0 Å². The first-order valence-electron chi connectivity index (χ1n) is 8.99. The van der Waals surface area contributed by atoms with Gasteiger partial charge in [-0.1, -0.05) is 5.16 Å². The first kappa shape index (κ1) is 17.7. The molecule has 2 aromatic heterocycles. The zero-order chi connectivity index (χ0) is 19.0. The summed E-state index contributed by atoms with van der Waals surface area (Å²) in [6.45, 7) is 5.44. The van der Waals surface area contributed by atoms with Crippen LogP contribution in [0.5, 0.6) is 5.75 Å². The Hall–Kier alpha value is -2.74. The van der Waals surface area contributed by atoms with Crippen molar-refractivity contribution in [3.05, 3.63) is 30.3 Å². The van der Waals surface area contributed by atoms with Gasteiger partial charge in [0.15, 0.2) is 17.1 Å². The average molecular weight is 372 g/mol. The van der Waals surface area contributed by atoms with E-state index < -0.39 is 5.82 Å². The standard InChI is InChI=1S/C19H21FN4O3/c1-11(2)26-17-5-13-16(6-14(17)20)27-23-19(13)15-7-18(22-10-21-15)24-4-3-12(8-24)9-25/h5-7,10-12,25H,3-4,8-9H2,1-2H3/t12-/m0/s1. The third kappa shape index (κ3) is 3.44. The van der Waals surface area contributed by atoms with Crippen molar-refractivity contribution >= 4 is 16.8 Å². The second-order valence-electron chi connectivity index (χ2n) is 7.02. The lowest BCUT2D eigenvalue weighted by molar-refractivity contribution is 0.231. The molecule has 0 bridgehead atoms. The molecule has 0 saturated carbocycles. The van der Waals surface area contributed by atoms with Gasteiger partial charge < -0.3 is 19.3 Å². The maximum Gasteiger partial charge on any atom is 0.170 e. The molecule has 8 heteroatoms. The van der Waals surface area contributed by atoms with Crippen molar-refractivity contribution in [2.24, 2.45) is 5.92 Å². The molecular formula is C19H21FN4O3. The van der Waals surface area contributed by atoms with Gasteiger partial charge in [0.1, 0.15) is 17.8 Å². The topological polar surface area (TPSA) is 84.5 Å². The molecule has 3 heterocycles. The highest BCUT2D eigenvalue weighted by molar-refractivity contribution is 5.91. The molecule has 1 atom stereocenters. The molecule has 0 aliphatic carbocycles. The summed E-state index contributed by atoms with van der Waals surface area (Å²) >= 11 is 0. The summed E-state index contributed by atoms with van der Waals surface area (Å²) in [5.41, 5.74) is 1.44. The van der Waals surface area contributed by atoms with Crippen LogP contribution in [0.4, 0.5) is 10.2 Å². The molecule has 1 aromatic carbocycles. The highest BCUT2D eigenvalue weighted by atomic mass is 19.1. The second kappa shape index (κ2) is 7.11. The number of hydrogen-bond donors (Lipinski definition) is 1. The van der Waals surface area contributed by atoms with Crippen LogP contribution in [0, 0.1) is 11.7 Å². The van der Waals surface area contributed by atoms with Gasteiger partial charge in [-0.05, 0) is 26.3 Å². The van der Waals surface area contributed by atoms with E-state index in [1.165, 1.54) is 12.4 Å². The van der Waals surface area contributed by atoms with Crippen molar-refractivity contribution in [2.45, 2.75) is 26.4 Å². The van der Waals surface area contributed by atoms with Gasteiger partial charge in [-0.15, -0.1) is 0 Å². The number of aromatic nitrogens is 3. The molecule has 0 spiro atoms. The van der Waals surface area contributed by atoms with Gasteiger partial charge in [-0.3, -0.25) is 0 Å². The van der Waals surface area contributed by atoms with E-state index in [4.69, 9.17) is 9.26 Å². The van der Waals surface area contributed by atoms with Gasteiger partial charge >= 0.3 is 0 Å². The van der Waals surface area contributed by atoms with Crippen LogP contribution in [0.2, 0.25) is 0 Å². The predicted octanol–water partition coefficient (Wildman–Crippen LogP) is 3.03. The highest BCUT2D eigenvalue weighted by Crippen LogP contribution is 2.33. The Balaban J connectivity index is 1.71. The number of rotatable bonds is 5. The van der Waals surface area contributed by atoms with Crippen LogP contribution in [-0.4, -0.2) is 46.0 Å². The number of aliphatic hydroxyl groups is 1. The largest absolute Gasteiger partial charge is 0.488 e.